The number of anilines is 1. The van der Waals surface area contributed by atoms with Crippen molar-refractivity contribution in [3.8, 4) is 0 Å². The van der Waals surface area contributed by atoms with E-state index in [1.165, 1.54) is 16.4 Å². The minimum Gasteiger partial charge on any atom is -0.498 e. The first-order valence-electron chi connectivity index (χ1n) is 7.36. The number of nitrogens with zero attached hydrogens (tertiary/aromatic N) is 2. The maximum Gasteiger partial charge on any atom is 0.249 e. The first-order valence-corrected chi connectivity index (χ1v) is 8.80. The third kappa shape index (κ3) is 2.50. The van der Waals surface area contributed by atoms with Crippen molar-refractivity contribution in [2.75, 3.05) is 12.3 Å². The summed E-state index contributed by atoms with van der Waals surface area (Å²) in [4.78, 5) is 4.18. The average Bonchev–Trinajstić information content (AvgIpc) is 2.91. The van der Waals surface area contributed by atoms with Gasteiger partial charge in [-0.05, 0) is 32.1 Å². The molecule has 2 aromatic rings. The number of ether oxygens (including phenoxy) is 1. The van der Waals surface area contributed by atoms with Crippen LogP contribution in [0.25, 0.3) is 11.0 Å². The van der Waals surface area contributed by atoms with Crippen LogP contribution < -0.4 is 5.73 Å². The third-order valence-electron chi connectivity index (χ3n) is 3.95. The molecule has 2 aromatic heterocycles. The van der Waals surface area contributed by atoms with E-state index < -0.39 is 14.8 Å². The molecule has 0 aliphatic heterocycles. The van der Waals surface area contributed by atoms with Crippen molar-refractivity contribution in [1.29, 1.82) is 0 Å². The summed E-state index contributed by atoms with van der Waals surface area (Å²) < 4.78 is 32.0. The molecular weight excluding hydrogens is 314 g/mol. The molecule has 0 aromatic carbocycles. The van der Waals surface area contributed by atoms with Crippen molar-refractivity contribution in [3.05, 3.63) is 48.5 Å². The summed E-state index contributed by atoms with van der Waals surface area (Å²) in [6.45, 7) is 4.07. The van der Waals surface area contributed by atoms with Gasteiger partial charge in [-0.25, -0.2) is 17.4 Å². The number of aromatic nitrogens is 2. The molecular formula is C16H19N3O3S. The third-order valence-corrected chi connectivity index (χ3v) is 6.22. The lowest BCUT2D eigenvalue weighted by Crippen LogP contribution is -2.39. The molecule has 2 N–H and O–H groups in total. The minimum atomic E-state index is -3.70. The average molecular weight is 333 g/mol. The van der Waals surface area contributed by atoms with Crippen molar-refractivity contribution in [2.45, 2.75) is 25.0 Å². The predicted molar refractivity (Wildman–Crippen MR) is 90.3 cm³/mol. The van der Waals surface area contributed by atoms with Gasteiger partial charge >= 0.3 is 0 Å². The normalized spacial score (nSPS) is 21.4. The monoisotopic (exact) mass is 333 g/mol. The Balaban J connectivity index is 2.07. The fourth-order valence-electron chi connectivity index (χ4n) is 2.72. The lowest BCUT2D eigenvalue weighted by Gasteiger charge is -2.29. The molecule has 1 aliphatic rings. The Morgan fingerprint density at radius 3 is 3.00 bits per heavy atom. The van der Waals surface area contributed by atoms with Gasteiger partial charge in [-0.3, -0.25) is 0 Å². The molecule has 1 unspecified atom stereocenters. The smallest absolute Gasteiger partial charge is 0.249 e. The van der Waals surface area contributed by atoms with E-state index >= 15 is 0 Å². The Morgan fingerprint density at radius 1 is 1.48 bits per heavy atom. The van der Waals surface area contributed by atoms with Gasteiger partial charge in [0.15, 0.2) is 5.65 Å². The summed E-state index contributed by atoms with van der Waals surface area (Å²) in [5.41, 5.74) is 6.58. The standard InChI is InChI=1S/C16H19N3O3S/c1-3-22-14-5-4-7-16(2,10-14)23(20,21)19-8-6-12-9-13(17)11-18-15(12)19/h4-9,11H,3,10,17H2,1-2H3. The maximum atomic E-state index is 13.2. The minimum absolute atomic E-state index is 0.286. The Kier molecular flexibility index (Phi) is 3.68. The molecule has 7 heteroatoms. The Hall–Kier alpha value is -2.28. The number of allylic oxidation sites excluding steroid dienone is 3. The molecule has 2 heterocycles. The van der Waals surface area contributed by atoms with Crippen molar-refractivity contribution in [2.24, 2.45) is 0 Å². The summed E-state index contributed by atoms with van der Waals surface area (Å²) in [5, 5.41) is 0.692. The van der Waals surface area contributed by atoms with Crippen molar-refractivity contribution in [1.82, 2.24) is 8.96 Å². The highest BCUT2D eigenvalue weighted by Gasteiger charge is 2.41. The fourth-order valence-corrected chi connectivity index (χ4v) is 4.35. The lowest BCUT2D eigenvalue weighted by molar-refractivity contribution is 0.213. The second kappa shape index (κ2) is 5.42. The molecule has 122 valence electrons. The molecule has 23 heavy (non-hydrogen) atoms. The van der Waals surface area contributed by atoms with Crippen LogP contribution in [-0.2, 0) is 14.8 Å². The molecule has 0 spiro atoms. The van der Waals surface area contributed by atoms with E-state index in [2.05, 4.69) is 4.98 Å². The zero-order valence-electron chi connectivity index (χ0n) is 13.1. The quantitative estimate of drug-likeness (QED) is 0.928. The Labute approximate surface area is 135 Å². The largest absolute Gasteiger partial charge is 0.498 e. The van der Waals surface area contributed by atoms with Crippen LogP contribution in [0.15, 0.2) is 48.5 Å². The molecule has 0 radical (unpaired) electrons. The maximum absolute atomic E-state index is 13.2. The number of nitrogens with two attached hydrogens (primary N) is 1. The number of pyridine rings is 1. The molecule has 6 nitrogen and oxygen atoms in total. The summed E-state index contributed by atoms with van der Waals surface area (Å²) in [7, 11) is -3.70. The van der Waals surface area contributed by atoms with Gasteiger partial charge in [-0.1, -0.05) is 12.2 Å². The van der Waals surface area contributed by atoms with Gasteiger partial charge < -0.3 is 10.5 Å². The van der Waals surface area contributed by atoms with Crippen molar-refractivity contribution < 1.29 is 13.2 Å². The van der Waals surface area contributed by atoms with Crippen LogP contribution in [0, 0.1) is 0 Å². The molecule has 1 aliphatic carbocycles. The van der Waals surface area contributed by atoms with Crippen molar-refractivity contribution in [3.63, 3.8) is 0 Å². The zero-order chi connectivity index (χ0) is 16.7. The lowest BCUT2D eigenvalue weighted by atomic mass is 10.0. The Bertz CT molecular complexity index is 912. The van der Waals surface area contributed by atoms with Gasteiger partial charge in [-0.15, -0.1) is 0 Å². The highest BCUT2D eigenvalue weighted by atomic mass is 32.2. The van der Waals surface area contributed by atoms with Crippen molar-refractivity contribution >= 4 is 26.7 Å². The van der Waals surface area contributed by atoms with Gasteiger partial charge in [0.2, 0.25) is 10.0 Å². The SMILES string of the molecule is CCOC1=CC=CC(C)(S(=O)(=O)n2ccc3cc(N)cnc32)C1. The molecule has 0 bridgehead atoms. The van der Waals surface area contributed by atoms with E-state index in [0.717, 1.165) is 0 Å². The molecule has 0 saturated heterocycles. The molecule has 3 rings (SSSR count). The van der Waals surface area contributed by atoms with Gasteiger partial charge in [0.1, 0.15) is 4.75 Å². The number of rotatable bonds is 4. The first kappa shape index (κ1) is 15.6. The molecule has 0 fully saturated rings. The van der Waals surface area contributed by atoms with Crippen LogP contribution in [0.2, 0.25) is 0 Å². The predicted octanol–water partition coefficient (Wildman–Crippen LogP) is 2.44. The Morgan fingerprint density at radius 2 is 2.26 bits per heavy atom. The van der Waals surface area contributed by atoms with E-state index in [1.54, 1.807) is 37.3 Å². The van der Waals surface area contributed by atoms with E-state index in [9.17, 15) is 8.42 Å². The van der Waals surface area contributed by atoms with Gasteiger partial charge in [0.05, 0.1) is 24.3 Å². The number of nitrogen functional groups attached to an aromatic ring is 1. The molecule has 0 saturated carbocycles. The first-order chi connectivity index (χ1) is 10.9. The van der Waals surface area contributed by atoms with Gasteiger partial charge in [-0.2, -0.15) is 0 Å². The fraction of sp³-hybridized carbons (Fsp3) is 0.312. The second-order valence-corrected chi connectivity index (χ2v) is 7.99. The number of fused-ring (bicyclic) bond motifs is 1. The van der Waals surface area contributed by atoms with E-state index in [1.807, 2.05) is 6.92 Å². The van der Waals surface area contributed by atoms with Crippen LogP contribution in [0.3, 0.4) is 0 Å². The topological polar surface area (TPSA) is 87.2 Å². The summed E-state index contributed by atoms with van der Waals surface area (Å²) in [6, 6.07) is 3.41. The molecule has 0 amide bonds. The van der Waals surface area contributed by atoms with Crippen LogP contribution in [-0.4, -0.2) is 28.7 Å². The molecule has 1 atom stereocenters. The van der Waals surface area contributed by atoms with E-state index in [-0.39, 0.29) is 6.42 Å². The van der Waals surface area contributed by atoms with Crippen LogP contribution in [0.1, 0.15) is 20.3 Å². The van der Waals surface area contributed by atoms with Crippen LogP contribution in [0.5, 0.6) is 0 Å². The van der Waals surface area contributed by atoms with Gasteiger partial charge in [0, 0.05) is 18.0 Å². The summed E-state index contributed by atoms with van der Waals surface area (Å²) >= 11 is 0. The zero-order valence-corrected chi connectivity index (χ0v) is 13.9. The highest BCUT2D eigenvalue weighted by molar-refractivity contribution is 7.91. The van der Waals surface area contributed by atoms with E-state index in [4.69, 9.17) is 10.5 Å². The summed E-state index contributed by atoms with van der Waals surface area (Å²) in [6.07, 6.45) is 8.47. The second-order valence-electron chi connectivity index (χ2n) is 5.71. The number of hydrogen-bond acceptors (Lipinski definition) is 5. The van der Waals surface area contributed by atoms with E-state index in [0.29, 0.717) is 29.1 Å². The number of hydrogen-bond donors (Lipinski definition) is 1. The highest BCUT2D eigenvalue weighted by Crippen LogP contribution is 2.34. The van der Waals surface area contributed by atoms with Crippen LogP contribution >= 0.6 is 0 Å². The summed E-state index contributed by atoms with van der Waals surface area (Å²) in [5.74, 6) is 0.662. The van der Waals surface area contributed by atoms with Crippen LogP contribution in [0.4, 0.5) is 5.69 Å². The van der Waals surface area contributed by atoms with Gasteiger partial charge in [0.25, 0.3) is 0 Å².